The molecule has 1 aromatic carbocycles. The van der Waals surface area contributed by atoms with Crippen LogP contribution >= 0.6 is 0 Å². The fourth-order valence-corrected chi connectivity index (χ4v) is 4.00. The molecule has 3 aromatic rings. The predicted molar refractivity (Wildman–Crippen MR) is 108 cm³/mol. The number of ether oxygens (including phenoxy) is 2. The SMILES string of the molecule is COc1ccc(OC)c(-c2[nH]ncc2CN(C)C2CCc3n[nH]c(=O)n3CC2)c1. The molecule has 3 heterocycles. The molecule has 1 unspecified atom stereocenters. The second-order valence-corrected chi connectivity index (χ2v) is 7.33. The second-order valence-electron chi connectivity index (χ2n) is 7.33. The van der Waals surface area contributed by atoms with E-state index in [9.17, 15) is 4.79 Å². The molecular formula is C20H26N6O3. The molecule has 2 aromatic heterocycles. The highest BCUT2D eigenvalue weighted by Gasteiger charge is 2.23. The Morgan fingerprint density at radius 3 is 2.90 bits per heavy atom. The lowest BCUT2D eigenvalue weighted by atomic mass is 10.0. The Labute approximate surface area is 168 Å². The van der Waals surface area contributed by atoms with E-state index >= 15 is 0 Å². The molecule has 0 aliphatic carbocycles. The summed E-state index contributed by atoms with van der Waals surface area (Å²) in [6.45, 7) is 1.41. The fourth-order valence-electron chi connectivity index (χ4n) is 4.00. The van der Waals surface area contributed by atoms with Gasteiger partial charge in [0.05, 0.1) is 26.1 Å². The number of nitrogens with one attached hydrogen (secondary N) is 2. The molecule has 4 rings (SSSR count). The summed E-state index contributed by atoms with van der Waals surface area (Å²) in [5.41, 5.74) is 2.80. The van der Waals surface area contributed by atoms with Gasteiger partial charge in [-0.15, -0.1) is 0 Å². The summed E-state index contributed by atoms with van der Waals surface area (Å²) >= 11 is 0. The molecule has 0 bridgehead atoms. The van der Waals surface area contributed by atoms with E-state index in [0.29, 0.717) is 12.6 Å². The summed E-state index contributed by atoms with van der Waals surface area (Å²) in [4.78, 5) is 14.2. The number of benzene rings is 1. The fraction of sp³-hybridized carbons (Fsp3) is 0.450. The minimum absolute atomic E-state index is 0.120. The summed E-state index contributed by atoms with van der Waals surface area (Å²) in [5.74, 6) is 2.37. The Kier molecular flexibility index (Phi) is 5.39. The lowest BCUT2D eigenvalue weighted by Gasteiger charge is -2.26. The van der Waals surface area contributed by atoms with Crippen molar-refractivity contribution in [1.29, 1.82) is 0 Å². The van der Waals surface area contributed by atoms with Crippen LogP contribution in [0.2, 0.25) is 0 Å². The Balaban J connectivity index is 1.53. The maximum absolute atomic E-state index is 11.9. The minimum Gasteiger partial charge on any atom is -0.497 e. The van der Waals surface area contributed by atoms with Gasteiger partial charge in [-0.3, -0.25) is 14.6 Å². The molecule has 29 heavy (non-hydrogen) atoms. The first kappa shape index (κ1) is 19.3. The maximum atomic E-state index is 11.9. The second kappa shape index (κ2) is 8.12. The average Bonchev–Trinajstić information content (AvgIpc) is 3.27. The smallest absolute Gasteiger partial charge is 0.343 e. The Morgan fingerprint density at radius 1 is 1.24 bits per heavy atom. The standard InChI is InChI=1S/C20H26N6O3/c1-25(14-4-7-18-22-24-20(27)26(18)9-8-14)12-13-11-21-23-19(13)16-10-15(28-2)5-6-17(16)29-3/h5-6,10-11,14H,4,7-9,12H2,1-3H3,(H,21,23)(H,24,27). The van der Waals surface area contributed by atoms with Crippen LogP contribution in [0.3, 0.4) is 0 Å². The molecule has 0 spiro atoms. The monoisotopic (exact) mass is 398 g/mol. The highest BCUT2D eigenvalue weighted by atomic mass is 16.5. The van der Waals surface area contributed by atoms with Gasteiger partial charge in [-0.25, -0.2) is 9.89 Å². The largest absolute Gasteiger partial charge is 0.497 e. The number of aryl methyl sites for hydroxylation is 1. The molecule has 2 N–H and O–H groups in total. The van der Waals surface area contributed by atoms with E-state index in [0.717, 1.165) is 60.0 Å². The molecule has 0 saturated carbocycles. The van der Waals surface area contributed by atoms with E-state index in [1.807, 2.05) is 24.4 Å². The van der Waals surface area contributed by atoms with E-state index in [-0.39, 0.29) is 5.69 Å². The molecule has 0 saturated heterocycles. The molecule has 1 atom stereocenters. The van der Waals surface area contributed by atoms with E-state index in [2.05, 4.69) is 32.3 Å². The van der Waals surface area contributed by atoms with Gasteiger partial charge in [-0.05, 0) is 38.1 Å². The van der Waals surface area contributed by atoms with Crippen molar-refractivity contribution in [2.24, 2.45) is 0 Å². The first-order valence-corrected chi connectivity index (χ1v) is 9.69. The lowest BCUT2D eigenvalue weighted by Crippen LogP contribution is -2.32. The third-order valence-electron chi connectivity index (χ3n) is 5.66. The number of H-pyrrole nitrogens is 2. The van der Waals surface area contributed by atoms with Gasteiger partial charge in [-0.1, -0.05) is 0 Å². The van der Waals surface area contributed by atoms with E-state index in [1.54, 1.807) is 18.8 Å². The van der Waals surface area contributed by atoms with Crippen LogP contribution in [0.15, 0.2) is 29.2 Å². The number of rotatable bonds is 6. The number of methoxy groups -OCH3 is 2. The van der Waals surface area contributed by atoms with Crippen LogP contribution in [0.25, 0.3) is 11.3 Å². The first-order valence-electron chi connectivity index (χ1n) is 9.69. The van der Waals surface area contributed by atoms with Gasteiger partial charge < -0.3 is 9.47 Å². The highest BCUT2D eigenvalue weighted by Crippen LogP contribution is 2.34. The third kappa shape index (κ3) is 3.77. The third-order valence-corrected chi connectivity index (χ3v) is 5.66. The summed E-state index contributed by atoms with van der Waals surface area (Å²) in [6, 6.07) is 6.08. The van der Waals surface area contributed by atoms with Crippen LogP contribution in [-0.4, -0.2) is 57.2 Å². The molecule has 1 aliphatic rings. The molecule has 9 nitrogen and oxygen atoms in total. The first-order chi connectivity index (χ1) is 14.1. The zero-order valence-electron chi connectivity index (χ0n) is 16.9. The summed E-state index contributed by atoms with van der Waals surface area (Å²) in [7, 11) is 5.42. The van der Waals surface area contributed by atoms with Crippen molar-refractivity contribution >= 4 is 0 Å². The van der Waals surface area contributed by atoms with Crippen molar-refractivity contribution in [3.05, 3.63) is 46.3 Å². The van der Waals surface area contributed by atoms with Gasteiger partial charge in [0.1, 0.15) is 17.3 Å². The average molecular weight is 398 g/mol. The summed E-state index contributed by atoms with van der Waals surface area (Å²) in [5, 5.41) is 14.1. The van der Waals surface area contributed by atoms with Gasteiger partial charge in [0.25, 0.3) is 0 Å². The summed E-state index contributed by atoms with van der Waals surface area (Å²) in [6.07, 6.45) is 4.50. The molecule has 1 aliphatic heterocycles. The molecule has 0 radical (unpaired) electrons. The Bertz CT molecular complexity index is 1040. The van der Waals surface area contributed by atoms with Gasteiger partial charge >= 0.3 is 5.69 Å². The van der Waals surface area contributed by atoms with Crippen molar-refractivity contribution in [2.75, 3.05) is 21.3 Å². The zero-order valence-corrected chi connectivity index (χ0v) is 16.9. The normalized spacial score (nSPS) is 16.5. The number of hydrogen-bond acceptors (Lipinski definition) is 6. The van der Waals surface area contributed by atoms with E-state index < -0.39 is 0 Å². The Morgan fingerprint density at radius 2 is 2.10 bits per heavy atom. The summed E-state index contributed by atoms with van der Waals surface area (Å²) < 4.78 is 12.7. The van der Waals surface area contributed by atoms with Crippen LogP contribution in [0.1, 0.15) is 24.2 Å². The molecule has 0 fully saturated rings. The van der Waals surface area contributed by atoms with Gasteiger partial charge in [0, 0.05) is 36.7 Å². The van der Waals surface area contributed by atoms with Gasteiger partial charge in [-0.2, -0.15) is 10.2 Å². The zero-order chi connectivity index (χ0) is 20.4. The highest BCUT2D eigenvalue weighted by molar-refractivity contribution is 5.71. The number of hydrogen-bond donors (Lipinski definition) is 2. The van der Waals surface area contributed by atoms with Crippen LogP contribution in [-0.2, 0) is 19.5 Å². The number of aromatic amines is 2. The van der Waals surface area contributed by atoms with Gasteiger partial charge in [0.15, 0.2) is 0 Å². The van der Waals surface area contributed by atoms with E-state index in [4.69, 9.17) is 9.47 Å². The van der Waals surface area contributed by atoms with Crippen molar-refractivity contribution < 1.29 is 9.47 Å². The lowest BCUT2D eigenvalue weighted by molar-refractivity contribution is 0.210. The molecular weight excluding hydrogens is 372 g/mol. The maximum Gasteiger partial charge on any atom is 0.343 e. The van der Waals surface area contributed by atoms with Crippen molar-refractivity contribution in [3.63, 3.8) is 0 Å². The topological polar surface area (TPSA) is 101 Å². The van der Waals surface area contributed by atoms with Crippen LogP contribution in [0, 0.1) is 0 Å². The minimum atomic E-state index is -0.120. The van der Waals surface area contributed by atoms with Crippen LogP contribution in [0.5, 0.6) is 11.5 Å². The predicted octanol–water partition coefficient (Wildman–Crippen LogP) is 1.82. The van der Waals surface area contributed by atoms with Crippen molar-refractivity contribution in [3.8, 4) is 22.8 Å². The number of nitrogens with zero attached hydrogens (tertiary/aromatic N) is 4. The van der Waals surface area contributed by atoms with Crippen molar-refractivity contribution in [2.45, 2.75) is 38.4 Å². The Hall–Kier alpha value is -3.07. The number of aromatic nitrogens is 5. The molecule has 154 valence electrons. The van der Waals surface area contributed by atoms with Crippen LogP contribution in [0.4, 0.5) is 0 Å². The molecule has 0 amide bonds. The van der Waals surface area contributed by atoms with Gasteiger partial charge in [0.2, 0.25) is 0 Å². The quantitative estimate of drug-likeness (QED) is 0.657. The number of fused-ring (bicyclic) bond motifs is 1. The van der Waals surface area contributed by atoms with Crippen LogP contribution < -0.4 is 15.2 Å². The van der Waals surface area contributed by atoms with Crippen molar-refractivity contribution in [1.82, 2.24) is 29.9 Å². The molecule has 9 heteroatoms. The van der Waals surface area contributed by atoms with E-state index in [1.165, 1.54) is 0 Å².